The summed E-state index contributed by atoms with van der Waals surface area (Å²) in [6.07, 6.45) is 0.568. The number of carbonyl (C=O) groups is 1. The fraction of sp³-hybridized carbons (Fsp3) is 0.562. The zero-order valence-electron chi connectivity index (χ0n) is 14.1. The van der Waals surface area contributed by atoms with E-state index in [1.165, 1.54) is 12.1 Å². The van der Waals surface area contributed by atoms with E-state index >= 15 is 0 Å². The first-order chi connectivity index (χ1) is 11.0. The SMILES string of the molecule is CC1(C)CC(NC(=O)C(I)c2ccc([N+](=O)[O-])cc2)C(C)(C)N1[O]. The lowest BCUT2D eigenvalue weighted by Gasteiger charge is -2.34. The summed E-state index contributed by atoms with van der Waals surface area (Å²) in [6, 6.07) is 5.68. The van der Waals surface area contributed by atoms with Crippen LogP contribution in [-0.2, 0) is 10.0 Å². The Morgan fingerprint density at radius 2 is 1.88 bits per heavy atom. The van der Waals surface area contributed by atoms with Crippen LogP contribution < -0.4 is 5.32 Å². The topological polar surface area (TPSA) is 95.4 Å². The first-order valence-electron chi connectivity index (χ1n) is 7.63. The monoisotopic (exact) mass is 446 g/mol. The van der Waals surface area contributed by atoms with Crippen molar-refractivity contribution in [3.8, 4) is 0 Å². The van der Waals surface area contributed by atoms with E-state index in [1.54, 1.807) is 12.1 Å². The van der Waals surface area contributed by atoms with Crippen molar-refractivity contribution in [2.75, 3.05) is 0 Å². The second-order valence-electron chi connectivity index (χ2n) is 7.24. The van der Waals surface area contributed by atoms with Crippen LogP contribution in [0.1, 0.15) is 43.6 Å². The van der Waals surface area contributed by atoms with Crippen molar-refractivity contribution < 1.29 is 14.9 Å². The summed E-state index contributed by atoms with van der Waals surface area (Å²) in [5, 5.41) is 27.1. The Morgan fingerprint density at radius 3 is 2.29 bits per heavy atom. The lowest BCUT2D eigenvalue weighted by molar-refractivity contribution is -0.384. The summed E-state index contributed by atoms with van der Waals surface area (Å²) in [5.74, 6) is -0.200. The highest BCUT2D eigenvalue weighted by atomic mass is 127. The largest absolute Gasteiger partial charge is 0.350 e. The Kier molecular flexibility index (Phi) is 5.22. The number of alkyl halides is 1. The second-order valence-corrected chi connectivity index (χ2v) is 8.48. The van der Waals surface area contributed by atoms with Gasteiger partial charge in [0.25, 0.3) is 5.69 Å². The molecule has 0 aromatic heterocycles. The number of nitrogens with zero attached hydrogens (tertiary/aromatic N) is 2. The van der Waals surface area contributed by atoms with E-state index in [9.17, 15) is 20.1 Å². The van der Waals surface area contributed by atoms with Crippen molar-refractivity contribution in [2.45, 2.75) is 55.2 Å². The Hall–Kier alpha value is -1.26. The van der Waals surface area contributed by atoms with Crippen LogP contribution in [0.5, 0.6) is 0 Å². The van der Waals surface area contributed by atoms with E-state index < -0.39 is 19.9 Å². The zero-order chi connectivity index (χ0) is 18.3. The number of amides is 1. The van der Waals surface area contributed by atoms with Gasteiger partial charge in [0.05, 0.1) is 16.5 Å². The third-order valence-electron chi connectivity index (χ3n) is 4.57. The maximum absolute atomic E-state index is 12.6. The first-order valence-corrected chi connectivity index (χ1v) is 8.87. The van der Waals surface area contributed by atoms with E-state index in [0.29, 0.717) is 12.0 Å². The molecule has 2 rings (SSSR count). The van der Waals surface area contributed by atoms with E-state index in [0.717, 1.165) is 5.06 Å². The third kappa shape index (κ3) is 3.55. The van der Waals surface area contributed by atoms with Gasteiger partial charge in [-0.25, -0.2) is 0 Å². The first kappa shape index (κ1) is 19.1. The number of hydroxylamine groups is 2. The van der Waals surface area contributed by atoms with Crippen LogP contribution in [0, 0.1) is 10.1 Å². The lowest BCUT2D eigenvalue weighted by atomic mass is 9.94. The van der Waals surface area contributed by atoms with Gasteiger partial charge in [-0.1, -0.05) is 34.7 Å². The van der Waals surface area contributed by atoms with Gasteiger partial charge in [-0.15, -0.1) is 10.3 Å². The molecule has 1 amide bonds. The highest BCUT2D eigenvalue weighted by Crippen LogP contribution is 2.40. The van der Waals surface area contributed by atoms with Crippen molar-refractivity contribution in [2.24, 2.45) is 0 Å². The summed E-state index contributed by atoms with van der Waals surface area (Å²) in [5.41, 5.74) is -0.545. The van der Waals surface area contributed by atoms with Gasteiger partial charge in [-0.05, 0) is 39.7 Å². The van der Waals surface area contributed by atoms with Crippen molar-refractivity contribution >= 4 is 34.2 Å². The molecule has 24 heavy (non-hydrogen) atoms. The standard InChI is InChI=1S/C16H21IN3O4/c1-15(2)9-12(16(3,4)20(15)24)18-14(21)13(17)10-5-7-11(8-6-10)19(22)23/h5-8,12-13H,9H2,1-4H3,(H,18,21). The Bertz CT molecular complexity index is 645. The molecule has 2 atom stereocenters. The quantitative estimate of drug-likeness (QED) is 0.333. The summed E-state index contributed by atoms with van der Waals surface area (Å²) in [7, 11) is 0. The Morgan fingerprint density at radius 1 is 1.33 bits per heavy atom. The van der Waals surface area contributed by atoms with E-state index in [2.05, 4.69) is 5.32 Å². The molecule has 1 saturated heterocycles. The molecule has 0 bridgehead atoms. The Balaban J connectivity index is 2.10. The van der Waals surface area contributed by atoms with E-state index in [4.69, 9.17) is 0 Å². The van der Waals surface area contributed by atoms with Crippen molar-refractivity contribution in [3.05, 3.63) is 39.9 Å². The number of halogens is 1. The molecule has 1 aromatic carbocycles. The summed E-state index contributed by atoms with van der Waals surface area (Å²) in [6.45, 7) is 7.39. The molecule has 2 unspecified atom stereocenters. The van der Waals surface area contributed by atoms with Crippen molar-refractivity contribution in [1.29, 1.82) is 0 Å². The molecule has 8 heteroatoms. The fourth-order valence-electron chi connectivity index (χ4n) is 3.14. The zero-order valence-corrected chi connectivity index (χ0v) is 16.2. The molecule has 1 aliphatic heterocycles. The van der Waals surface area contributed by atoms with Crippen LogP contribution in [0.2, 0.25) is 0 Å². The molecule has 0 aliphatic carbocycles. The van der Waals surface area contributed by atoms with Crippen LogP contribution in [0.25, 0.3) is 0 Å². The summed E-state index contributed by atoms with van der Waals surface area (Å²) < 4.78 is -0.483. The molecule has 131 valence electrons. The number of rotatable bonds is 4. The second kappa shape index (κ2) is 6.57. The van der Waals surface area contributed by atoms with Gasteiger partial charge in [-0.3, -0.25) is 14.9 Å². The molecule has 1 fully saturated rings. The molecule has 1 aliphatic rings. The molecule has 0 spiro atoms. The van der Waals surface area contributed by atoms with Gasteiger partial charge in [0.15, 0.2) is 0 Å². The molecule has 7 nitrogen and oxygen atoms in total. The fourth-order valence-corrected chi connectivity index (χ4v) is 3.74. The van der Waals surface area contributed by atoms with Crippen molar-refractivity contribution in [3.63, 3.8) is 0 Å². The Labute approximate surface area is 154 Å². The molecule has 1 heterocycles. The van der Waals surface area contributed by atoms with Gasteiger partial charge >= 0.3 is 0 Å². The van der Waals surface area contributed by atoms with Gasteiger partial charge in [-0.2, -0.15) is 0 Å². The minimum Gasteiger partial charge on any atom is -0.350 e. The number of nitro groups is 1. The predicted molar refractivity (Wildman–Crippen MR) is 97.1 cm³/mol. The van der Waals surface area contributed by atoms with Gasteiger partial charge in [0, 0.05) is 17.7 Å². The van der Waals surface area contributed by atoms with Crippen LogP contribution in [0.3, 0.4) is 0 Å². The summed E-state index contributed by atoms with van der Waals surface area (Å²) in [4.78, 5) is 22.8. The van der Waals surface area contributed by atoms with Gasteiger partial charge in [0.2, 0.25) is 5.91 Å². The number of carbonyl (C=O) groups excluding carboxylic acids is 1. The number of benzene rings is 1. The van der Waals surface area contributed by atoms with E-state index in [1.807, 2.05) is 50.3 Å². The maximum Gasteiger partial charge on any atom is 0.269 e. The average Bonchev–Trinajstić information content (AvgIpc) is 2.66. The molecule has 1 radical (unpaired) electrons. The van der Waals surface area contributed by atoms with Gasteiger partial charge < -0.3 is 5.32 Å². The van der Waals surface area contributed by atoms with E-state index in [-0.39, 0.29) is 17.6 Å². The average molecular weight is 446 g/mol. The lowest BCUT2D eigenvalue weighted by Crippen LogP contribution is -2.52. The molecular weight excluding hydrogens is 425 g/mol. The van der Waals surface area contributed by atoms with Crippen LogP contribution in [0.4, 0.5) is 5.69 Å². The van der Waals surface area contributed by atoms with Gasteiger partial charge in [0.1, 0.15) is 3.92 Å². The molecule has 0 saturated carbocycles. The van der Waals surface area contributed by atoms with Crippen LogP contribution >= 0.6 is 22.6 Å². The number of hydrogen-bond acceptors (Lipinski definition) is 4. The highest BCUT2D eigenvalue weighted by Gasteiger charge is 2.53. The van der Waals surface area contributed by atoms with Crippen molar-refractivity contribution in [1.82, 2.24) is 10.4 Å². The minimum absolute atomic E-state index is 0.0107. The predicted octanol–water partition coefficient (Wildman–Crippen LogP) is 3.16. The van der Waals surface area contributed by atoms with Crippen LogP contribution in [-0.4, -0.2) is 33.0 Å². The maximum atomic E-state index is 12.6. The number of non-ortho nitro benzene ring substituents is 1. The number of nitro benzene ring substituents is 1. The minimum atomic E-state index is -0.689. The normalized spacial score (nSPS) is 23.7. The number of hydrogen-bond donors (Lipinski definition) is 1. The van der Waals surface area contributed by atoms with Crippen LogP contribution in [0.15, 0.2) is 24.3 Å². The smallest absolute Gasteiger partial charge is 0.269 e. The molecule has 1 aromatic rings. The molecule has 1 N–H and O–H groups in total. The molecular formula is C16H21IN3O4. The highest BCUT2D eigenvalue weighted by molar-refractivity contribution is 14.1. The summed E-state index contributed by atoms with van der Waals surface area (Å²) >= 11 is 2.00. The third-order valence-corrected chi connectivity index (χ3v) is 5.86. The number of nitrogens with one attached hydrogen (secondary N) is 1.